The van der Waals surface area contributed by atoms with Crippen LogP contribution in [0.5, 0.6) is 0 Å². The number of likely N-dealkylation sites (tertiary alicyclic amines) is 1. The first-order valence-corrected chi connectivity index (χ1v) is 9.18. The Kier molecular flexibility index (Phi) is 5.33. The topological polar surface area (TPSA) is 69.2 Å². The highest BCUT2D eigenvalue weighted by molar-refractivity contribution is 5.95. The minimum atomic E-state index is -0.708. The van der Waals surface area contributed by atoms with E-state index in [9.17, 15) is 18.7 Å². The predicted molar refractivity (Wildman–Crippen MR) is 98.2 cm³/mol. The zero-order chi connectivity index (χ0) is 19.8. The van der Waals surface area contributed by atoms with Gasteiger partial charge in [0, 0.05) is 24.2 Å². The van der Waals surface area contributed by atoms with Crippen molar-refractivity contribution in [3.05, 3.63) is 41.1 Å². The van der Waals surface area contributed by atoms with E-state index in [1.54, 1.807) is 25.7 Å². The standard InChI is InChI=1S/C20H25F2N3O2/c1-12-17(15-10-14(21)4-5-16(15)22)23-24-18(12)19(26)25-8-6-13(7-9-25)11-20(2,3)27/h4-5,10,13,27H,6-9,11H2,1-3H3,(H,23,24). The zero-order valence-electron chi connectivity index (χ0n) is 15.9. The molecule has 2 aromatic rings. The summed E-state index contributed by atoms with van der Waals surface area (Å²) in [5, 5.41) is 16.7. The highest BCUT2D eigenvalue weighted by Gasteiger charge is 2.29. The van der Waals surface area contributed by atoms with Crippen molar-refractivity contribution < 1.29 is 18.7 Å². The fraction of sp³-hybridized carbons (Fsp3) is 0.500. The molecule has 0 aliphatic carbocycles. The number of hydrogen-bond acceptors (Lipinski definition) is 3. The van der Waals surface area contributed by atoms with Crippen molar-refractivity contribution in [2.24, 2.45) is 5.92 Å². The third-order valence-corrected chi connectivity index (χ3v) is 5.10. The second kappa shape index (κ2) is 7.38. The molecule has 3 rings (SSSR count). The van der Waals surface area contributed by atoms with Crippen LogP contribution in [-0.4, -0.2) is 44.8 Å². The van der Waals surface area contributed by atoms with Gasteiger partial charge in [-0.3, -0.25) is 9.89 Å². The molecule has 0 atom stereocenters. The van der Waals surface area contributed by atoms with Gasteiger partial charge in [-0.1, -0.05) is 0 Å². The van der Waals surface area contributed by atoms with Gasteiger partial charge in [-0.25, -0.2) is 8.78 Å². The Hall–Kier alpha value is -2.28. The molecule has 2 N–H and O–H groups in total. The molecule has 2 heterocycles. The van der Waals surface area contributed by atoms with Gasteiger partial charge in [0.1, 0.15) is 17.3 Å². The van der Waals surface area contributed by atoms with E-state index in [1.165, 1.54) is 0 Å². The van der Waals surface area contributed by atoms with Crippen molar-refractivity contribution in [3.8, 4) is 11.3 Å². The molecule has 0 bridgehead atoms. The highest BCUT2D eigenvalue weighted by atomic mass is 19.1. The summed E-state index contributed by atoms with van der Waals surface area (Å²) in [7, 11) is 0. The van der Waals surface area contributed by atoms with E-state index in [1.807, 2.05) is 0 Å². The number of piperidine rings is 1. The van der Waals surface area contributed by atoms with Gasteiger partial charge in [0.05, 0.1) is 11.3 Å². The van der Waals surface area contributed by atoms with Gasteiger partial charge in [0.2, 0.25) is 0 Å². The summed E-state index contributed by atoms with van der Waals surface area (Å²) in [5.41, 5.74) is 0.373. The summed E-state index contributed by atoms with van der Waals surface area (Å²) in [5.74, 6) is -0.952. The van der Waals surface area contributed by atoms with E-state index in [4.69, 9.17) is 0 Å². The summed E-state index contributed by atoms with van der Waals surface area (Å²) in [6.45, 7) is 6.47. The first kappa shape index (κ1) is 19.5. The quantitative estimate of drug-likeness (QED) is 0.854. The smallest absolute Gasteiger partial charge is 0.272 e. The molecule has 1 amide bonds. The van der Waals surface area contributed by atoms with E-state index in [2.05, 4.69) is 10.2 Å². The first-order chi connectivity index (χ1) is 12.7. The molecule has 1 aromatic heterocycles. The fourth-order valence-electron chi connectivity index (χ4n) is 3.75. The monoisotopic (exact) mass is 377 g/mol. The van der Waals surface area contributed by atoms with Crippen molar-refractivity contribution in [2.75, 3.05) is 13.1 Å². The number of H-pyrrole nitrogens is 1. The maximum absolute atomic E-state index is 14.0. The second-order valence-corrected chi connectivity index (χ2v) is 7.95. The number of aliphatic hydroxyl groups is 1. The lowest BCUT2D eigenvalue weighted by atomic mass is 9.86. The Bertz CT molecular complexity index is 834. The molecular formula is C20H25F2N3O2. The van der Waals surface area contributed by atoms with Gasteiger partial charge >= 0.3 is 0 Å². The van der Waals surface area contributed by atoms with E-state index in [-0.39, 0.29) is 17.2 Å². The average Bonchev–Trinajstić information content (AvgIpc) is 2.97. The molecule has 0 radical (unpaired) electrons. The second-order valence-electron chi connectivity index (χ2n) is 7.95. The molecule has 146 valence electrons. The molecule has 0 unspecified atom stereocenters. The lowest BCUT2D eigenvalue weighted by molar-refractivity contribution is 0.0356. The van der Waals surface area contributed by atoms with Crippen LogP contribution in [0.1, 0.15) is 49.2 Å². The van der Waals surface area contributed by atoms with Gasteiger partial charge in [0.15, 0.2) is 0 Å². The minimum Gasteiger partial charge on any atom is -0.390 e. The number of benzene rings is 1. The lowest BCUT2D eigenvalue weighted by Crippen LogP contribution is -2.40. The van der Waals surface area contributed by atoms with Crippen molar-refractivity contribution >= 4 is 5.91 Å². The number of nitrogens with zero attached hydrogens (tertiary/aromatic N) is 2. The first-order valence-electron chi connectivity index (χ1n) is 9.18. The third kappa shape index (κ3) is 4.35. The van der Waals surface area contributed by atoms with E-state index < -0.39 is 17.2 Å². The van der Waals surface area contributed by atoms with Gasteiger partial charge < -0.3 is 10.0 Å². The molecule has 1 fully saturated rings. The van der Waals surface area contributed by atoms with Gasteiger partial charge in [0.25, 0.3) is 5.91 Å². The average molecular weight is 377 g/mol. The number of carbonyl (C=O) groups excluding carboxylic acids is 1. The molecule has 27 heavy (non-hydrogen) atoms. The largest absolute Gasteiger partial charge is 0.390 e. The molecule has 0 spiro atoms. The van der Waals surface area contributed by atoms with Crippen LogP contribution in [0.4, 0.5) is 8.78 Å². The normalized spacial score (nSPS) is 16.0. The van der Waals surface area contributed by atoms with Crippen LogP contribution in [0.3, 0.4) is 0 Å². The van der Waals surface area contributed by atoms with E-state index >= 15 is 0 Å². The Morgan fingerprint density at radius 2 is 2.00 bits per heavy atom. The molecule has 7 heteroatoms. The number of halogens is 2. The Labute approximate surface area is 157 Å². The number of aromatic amines is 1. The van der Waals surface area contributed by atoms with Crippen LogP contribution in [0.2, 0.25) is 0 Å². The van der Waals surface area contributed by atoms with E-state index in [0.717, 1.165) is 31.0 Å². The van der Waals surface area contributed by atoms with Gasteiger partial charge in [-0.05, 0) is 64.2 Å². The molecular weight excluding hydrogens is 352 g/mol. The predicted octanol–water partition coefficient (Wildman–Crippen LogP) is 3.68. The van der Waals surface area contributed by atoms with E-state index in [0.29, 0.717) is 36.7 Å². The number of nitrogens with one attached hydrogen (secondary N) is 1. The molecule has 1 aliphatic heterocycles. The summed E-state index contributed by atoms with van der Waals surface area (Å²) in [6.07, 6.45) is 2.36. The molecule has 5 nitrogen and oxygen atoms in total. The lowest BCUT2D eigenvalue weighted by Gasteiger charge is -2.34. The maximum Gasteiger partial charge on any atom is 0.272 e. The van der Waals surface area contributed by atoms with Crippen LogP contribution in [0, 0.1) is 24.5 Å². The number of carbonyl (C=O) groups is 1. The van der Waals surface area contributed by atoms with Crippen LogP contribution in [0.15, 0.2) is 18.2 Å². The molecule has 1 aromatic carbocycles. The number of aromatic nitrogens is 2. The number of rotatable bonds is 4. The van der Waals surface area contributed by atoms with Crippen LogP contribution in [0.25, 0.3) is 11.3 Å². The molecule has 1 aliphatic rings. The Morgan fingerprint density at radius 1 is 1.33 bits per heavy atom. The van der Waals surface area contributed by atoms with Gasteiger partial charge in [-0.2, -0.15) is 5.10 Å². The van der Waals surface area contributed by atoms with Crippen LogP contribution < -0.4 is 0 Å². The minimum absolute atomic E-state index is 0.0340. The SMILES string of the molecule is Cc1c(-c2cc(F)ccc2F)n[nH]c1C(=O)N1CCC(CC(C)(C)O)CC1. The summed E-state index contributed by atoms with van der Waals surface area (Å²) in [4.78, 5) is 14.6. The number of hydrogen-bond donors (Lipinski definition) is 2. The van der Waals surface area contributed by atoms with Crippen molar-refractivity contribution in [2.45, 2.75) is 45.6 Å². The third-order valence-electron chi connectivity index (χ3n) is 5.10. The summed E-state index contributed by atoms with van der Waals surface area (Å²) >= 11 is 0. The fourth-order valence-corrected chi connectivity index (χ4v) is 3.75. The van der Waals surface area contributed by atoms with Crippen LogP contribution in [-0.2, 0) is 0 Å². The van der Waals surface area contributed by atoms with Crippen molar-refractivity contribution in [1.29, 1.82) is 0 Å². The Morgan fingerprint density at radius 3 is 2.63 bits per heavy atom. The number of amides is 1. The molecule has 0 saturated carbocycles. The summed E-state index contributed by atoms with van der Waals surface area (Å²) < 4.78 is 27.5. The van der Waals surface area contributed by atoms with Crippen molar-refractivity contribution in [3.63, 3.8) is 0 Å². The zero-order valence-corrected chi connectivity index (χ0v) is 15.9. The highest BCUT2D eigenvalue weighted by Crippen LogP contribution is 2.29. The molecule has 1 saturated heterocycles. The van der Waals surface area contributed by atoms with Gasteiger partial charge in [-0.15, -0.1) is 0 Å². The van der Waals surface area contributed by atoms with Crippen molar-refractivity contribution in [1.82, 2.24) is 15.1 Å². The Balaban J connectivity index is 1.74. The summed E-state index contributed by atoms with van der Waals surface area (Å²) in [6, 6.07) is 3.17. The maximum atomic E-state index is 14.0. The van der Waals surface area contributed by atoms with Crippen LogP contribution >= 0.6 is 0 Å².